The molecule has 1 heterocycles. The molecule has 9 aromatic carbocycles. The lowest BCUT2D eigenvalue weighted by Crippen LogP contribution is -2.11. The van der Waals surface area contributed by atoms with Crippen molar-refractivity contribution in [1.29, 1.82) is 0 Å². The fraction of sp³-hybridized carbons (Fsp3) is 0. The van der Waals surface area contributed by atoms with Crippen LogP contribution in [0.25, 0.3) is 72.0 Å². The van der Waals surface area contributed by atoms with E-state index in [2.05, 4.69) is 76.2 Å². The smallest absolute Gasteiger partial charge is 0.0629 e. The molecule has 0 aliphatic heterocycles. The summed E-state index contributed by atoms with van der Waals surface area (Å²) in [6.45, 7) is 0. The van der Waals surface area contributed by atoms with Crippen LogP contribution in [0.3, 0.4) is 0 Å². The van der Waals surface area contributed by atoms with Gasteiger partial charge in [-0.1, -0.05) is 176 Å². The van der Waals surface area contributed by atoms with Gasteiger partial charge in [0, 0.05) is 33.4 Å². The maximum atomic E-state index is 8.65. The molecule has 56 heavy (non-hydrogen) atoms. The molecule has 0 fully saturated rings. The lowest BCUT2D eigenvalue weighted by molar-refractivity contribution is 1.18. The van der Waals surface area contributed by atoms with Crippen LogP contribution in [0.5, 0.6) is 0 Å². The molecule has 10 rings (SSSR count). The first-order chi connectivity index (χ1) is 31.9. The average Bonchev–Trinajstić information content (AvgIpc) is 3.70. The minimum absolute atomic E-state index is 0.128. The molecule has 264 valence electrons. The van der Waals surface area contributed by atoms with Gasteiger partial charge in [-0.3, -0.25) is 0 Å². The van der Waals surface area contributed by atoms with Crippen molar-refractivity contribution in [2.75, 3.05) is 4.90 Å². The first-order valence-electron chi connectivity index (χ1n) is 23.4. The summed E-state index contributed by atoms with van der Waals surface area (Å²) in [5.41, 5.74) is 10.7. The van der Waals surface area contributed by atoms with E-state index in [0.717, 1.165) is 66.8 Å². The van der Waals surface area contributed by atoms with Crippen LogP contribution < -0.4 is 4.90 Å². The molecule has 0 atom stereocenters. The van der Waals surface area contributed by atoms with E-state index in [4.69, 9.17) is 13.7 Å². The van der Waals surface area contributed by atoms with E-state index < -0.39 is 24.2 Å². The molecule has 0 aliphatic carbocycles. The fourth-order valence-corrected chi connectivity index (χ4v) is 7.62. The Kier molecular flexibility index (Phi) is 6.21. The molecule has 0 saturated carbocycles. The number of hydrogen-bond donors (Lipinski definition) is 0. The second kappa shape index (κ2) is 14.4. The monoisotopic (exact) mass is 724 g/mol. The number of nitrogens with zero attached hydrogens (tertiary/aromatic N) is 2. The summed E-state index contributed by atoms with van der Waals surface area (Å²) < 4.78 is 85.5. The highest BCUT2D eigenvalue weighted by atomic mass is 15.1. The third-order valence-electron chi connectivity index (χ3n) is 10.2. The quantitative estimate of drug-likeness (QED) is 0.151. The summed E-state index contributed by atoms with van der Waals surface area (Å²) in [5.74, 6) is 0. The normalized spacial score (nSPS) is 13.7. The van der Waals surface area contributed by atoms with Gasteiger partial charge in [-0.25, -0.2) is 0 Å². The Balaban J connectivity index is 1.12. The molecule has 10 aromatic rings. The Hall–Kier alpha value is -7.42. The van der Waals surface area contributed by atoms with Crippen molar-refractivity contribution in [2.24, 2.45) is 0 Å². The zero-order valence-corrected chi connectivity index (χ0v) is 30.1. The summed E-state index contributed by atoms with van der Waals surface area (Å²) in [7, 11) is 0. The highest BCUT2D eigenvalue weighted by molar-refractivity contribution is 6.17. The predicted molar refractivity (Wildman–Crippen MR) is 237 cm³/mol. The van der Waals surface area contributed by atoms with Crippen molar-refractivity contribution in [3.05, 3.63) is 230 Å². The van der Waals surface area contributed by atoms with E-state index in [-0.39, 0.29) is 47.4 Å². The van der Waals surface area contributed by atoms with E-state index in [1.165, 1.54) is 0 Å². The van der Waals surface area contributed by atoms with Gasteiger partial charge in [0.1, 0.15) is 0 Å². The van der Waals surface area contributed by atoms with Crippen LogP contribution in [0.1, 0.15) is 13.7 Å². The lowest BCUT2D eigenvalue weighted by atomic mass is 9.96. The van der Waals surface area contributed by atoms with Crippen molar-refractivity contribution in [3.8, 4) is 50.2 Å². The van der Waals surface area contributed by atoms with Gasteiger partial charge in [0.2, 0.25) is 0 Å². The Labute approximate surface area is 341 Å². The Morgan fingerprint density at radius 3 is 1.43 bits per heavy atom. The predicted octanol–water partition coefficient (Wildman–Crippen LogP) is 14.9. The van der Waals surface area contributed by atoms with Crippen molar-refractivity contribution >= 4 is 38.9 Å². The Morgan fingerprint density at radius 1 is 0.357 bits per heavy atom. The zero-order valence-electron chi connectivity index (χ0n) is 40.1. The number of rotatable bonds is 8. The van der Waals surface area contributed by atoms with Crippen LogP contribution in [0.15, 0.2) is 230 Å². The average molecular weight is 725 g/mol. The van der Waals surface area contributed by atoms with Gasteiger partial charge in [0.15, 0.2) is 0 Å². The van der Waals surface area contributed by atoms with Crippen LogP contribution in [0.4, 0.5) is 17.1 Å². The maximum Gasteiger partial charge on any atom is 0.0629 e. The summed E-state index contributed by atoms with van der Waals surface area (Å²) in [6.07, 6.45) is 0. The molecule has 0 amide bonds. The first-order valence-corrected chi connectivity index (χ1v) is 18.4. The molecule has 0 saturated heterocycles. The van der Waals surface area contributed by atoms with Crippen molar-refractivity contribution in [3.63, 3.8) is 0 Å². The van der Waals surface area contributed by atoms with E-state index >= 15 is 0 Å². The van der Waals surface area contributed by atoms with E-state index in [9.17, 15) is 0 Å². The van der Waals surface area contributed by atoms with Crippen LogP contribution >= 0.6 is 0 Å². The van der Waals surface area contributed by atoms with Crippen molar-refractivity contribution in [1.82, 2.24) is 4.57 Å². The molecule has 0 unspecified atom stereocenters. The first kappa shape index (κ1) is 24.1. The molecule has 2 nitrogen and oxygen atoms in total. The van der Waals surface area contributed by atoms with E-state index in [1.807, 2.05) is 78.9 Å². The largest absolute Gasteiger partial charge is 0.310 e. The van der Waals surface area contributed by atoms with E-state index in [1.54, 1.807) is 24.3 Å². The summed E-state index contributed by atoms with van der Waals surface area (Å²) in [6, 6.07) is 52.7. The number of para-hydroxylation sites is 3. The molecular weight excluding hydrogens is 677 g/mol. The van der Waals surface area contributed by atoms with Gasteiger partial charge in [-0.15, -0.1) is 0 Å². The molecule has 0 spiro atoms. The minimum atomic E-state index is -0.441. The number of aromatic nitrogens is 1. The van der Waals surface area contributed by atoms with Crippen LogP contribution in [0.2, 0.25) is 0 Å². The molecular formula is C54H38N2. The summed E-state index contributed by atoms with van der Waals surface area (Å²) >= 11 is 0. The van der Waals surface area contributed by atoms with Crippen molar-refractivity contribution < 1.29 is 13.7 Å². The summed E-state index contributed by atoms with van der Waals surface area (Å²) in [5, 5.41) is 2.21. The van der Waals surface area contributed by atoms with Gasteiger partial charge < -0.3 is 9.47 Å². The maximum absolute atomic E-state index is 8.65. The number of benzene rings is 9. The second-order valence-electron chi connectivity index (χ2n) is 13.4. The zero-order chi connectivity index (χ0) is 46.0. The third kappa shape index (κ3) is 6.04. The highest BCUT2D eigenvalue weighted by Gasteiger charge is 2.21. The van der Waals surface area contributed by atoms with Crippen LogP contribution in [0, 0.1) is 0 Å². The number of fused-ring (bicyclic) bond motifs is 3. The summed E-state index contributed by atoms with van der Waals surface area (Å²) in [4.78, 5) is 2.15. The fourth-order valence-electron chi connectivity index (χ4n) is 7.62. The second-order valence-corrected chi connectivity index (χ2v) is 13.4. The lowest BCUT2D eigenvalue weighted by Gasteiger charge is -2.28. The number of anilines is 3. The topological polar surface area (TPSA) is 8.17 Å². The molecule has 0 radical (unpaired) electrons. The molecule has 1 aromatic heterocycles. The van der Waals surface area contributed by atoms with Crippen molar-refractivity contribution in [2.45, 2.75) is 0 Å². The van der Waals surface area contributed by atoms with E-state index in [0.29, 0.717) is 11.1 Å². The molecule has 0 aliphatic rings. The van der Waals surface area contributed by atoms with Gasteiger partial charge in [0.25, 0.3) is 0 Å². The van der Waals surface area contributed by atoms with Crippen LogP contribution in [-0.2, 0) is 0 Å². The van der Waals surface area contributed by atoms with Crippen LogP contribution in [-0.4, -0.2) is 4.57 Å². The standard InChI is InChI=1S/C54H38N2/c1-4-15-39(16-5-1)41-27-29-42(30-28-41)44-33-37-47(38-34-44)55(46-35-31-43(32-36-46)40-17-6-2-7-18-40)51-24-12-10-21-48(51)49-23-14-26-53-54(49)50-22-11-13-25-52(50)56(53)45-19-8-3-9-20-45/h1-38H/i1D,2D,4D,5D,6D,7D,15D,16D,17D,18D. The molecule has 0 N–H and O–H groups in total. The third-order valence-corrected chi connectivity index (χ3v) is 10.2. The Bertz CT molecular complexity index is 3460. The SMILES string of the molecule is [2H]c1c([2H])c([2H])c(-c2ccc(-c3ccc(N(c4ccc(-c5c([2H])c([2H])c([2H])c([2H])c5[2H])cc4)c4ccccc4-c4cccc5c4c4ccccc4n5-c4ccccc4)cc3)cc2)c([2H])c1[2H]. The Morgan fingerprint density at radius 2 is 0.821 bits per heavy atom. The van der Waals surface area contributed by atoms with Gasteiger partial charge in [0.05, 0.1) is 30.4 Å². The number of hydrogen-bond acceptors (Lipinski definition) is 1. The molecule has 0 bridgehead atoms. The van der Waals surface area contributed by atoms with Gasteiger partial charge in [-0.2, -0.15) is 0 Å². The van der Waals surface area contributed by atoms with Gasteiger partial charge >= 0.3 is 0 Å². The molecule has 2 heteroatoms. The minimum Gasteiger partial charge on any atom is -0.310 e. The highest BCUT2D eigenvalue weighted by Crippen LogP contribution is 2.45. The van der Waals surface area contributed by atoms with Gasteiger partial charge in [-0.05, 0) is 93.5 Å².